The molecule has 0 aromatic heterocycles. The first-order valence-corrected chi connectivity index (χ1v) is 13.1. The molecule has 3 aromatic carbocycles. The molecule has 1 amide bonds. The molecule has 0 aliphatic carbocycles. The molecule has 6 nitrogen and oxygen atoms in total. The highest BCUT2D eigenvalue weighted by atomic mass is 19.1. The highest BCUT2D eigenvalue weighted by molar-refractivity contribution is 6.10. The van der Waals surface area contributed by atoms with Crippen molar-refractivity contribution in [1.82, 2.24) is 4.90 Å². The van der Waals surface area contributed by atoms with E-state index in [0.717, 1.165) is 23.5 Å². The number of nitrogens with zero attached hydrogens (tertiary/aromatic N) is 3. The summed E-state index contributed by atoms with van der Waals surface area (Å²) in [4.78, 5) is 33.1. The quantitative estimate of drug-likeness (QED) is 0.343. The summed E-state index contributed by atoms with van der Waals surface area (Å²) >= 11 is 0. The number of ether oxygens (including phenoxy) is 1. The monoisotopic (exact) mass is 517 g/mol. The van der Waals surface area contributed by atoms with E-state index in [1.54, 1.807) is 24.1 Å². The van der Waals surface area contributed by atoms with Gasteiger partial charge in [-0.3, -0.25) is 9.59 Å². The van der Waals surface area contributed by atoms with Crippen LogP contribution in [0.3, 0.4) is 0 Å². The van der Waals surface area contributed by atoms with E-state index in [2.05, 4.69) is 15.9 Å². The fourth-order valence-corrected chi connectivity index (χ4v) is 5.14. The molecule has 0 spiro atoms. The van der Waals surface area contributed by atoms with Crippen molar-refractivity contribution in [2.24, 2.45) is 5.92 Å². The molecule has 0 unspecified atom stereocenters. The fourth-order valence-electron chi connectivity index (χ4n) is 5.14. The Hall–Kier alpha value is -3.71. The van der Waals surface area contributed by atoms with Gasteiger partial charge in [0, 0.05) is 43.3 Å². The number of anilines is 2. The molecule has 3 aromatic rings. The number of amides is 1. The van der Waals surface area contributed by atoms with Crippen molar-refractivity contribution in [3.63, 3.8) is 0 Å². The molecule has 4 rings (SSSR count). The maximum atomic E-state index is 14.0. The van der Waals surface area contributed by atoms with Crippen LogP contribution in [0.1, 0.15) is 46.0 Å². The van der Waals surface area contributed by atoms with Gasteiger partial charge < -0.3 is 19.4 Å². The zero-order valence-corrected chi connectivity index (χ0v) is 22.6. The number of ketones is 1. The smallest absolute Gasteiger partial charge is 0.260 e. The van der Waals surface area contributed by atoms with Crippen LogP contribution in [-0.2, 0) is 6.54 Å². The third-order valence-electron chi connectivity index (χ3n) is 7.06. The van der Waals surface area contributed by atoms with Crippen LogP contribution in [0.25, 0.3) is 0 Å². The van der Waals surface area contributed by atoms with Crippen molar-refractivity contribution in [3.8, 4) is 5.75 Å². The van der Waals surface area contributed by atoms with Crippen LogP contribution in [0.2, 0.25) is 0 Å². The normalized spacial score (nSPS) is 14.0. The predicted molar refractivity (Wildman–Crippen MR) is 150 cm³/mol. The zero-order valence-electron chi connectivity index (χ0n) is 22.6. The molecule has 0 N–H and O–H groups in total. The van der Waals surface area contributed by atoms with Gasteiger partial charge in [-0.15, -0.1) is 0 Å². The Labute approximate surface area is 224 Å². The van der Waals surface area contributed by atoms with Crippen molar-refractivity contribution in [1.29, 1.82) is 0 Å². The number of hydrogen-bond acceptors (Lipinski definition) is 5. The third-order valence-corrected chi connectivity index (χ3v) is 7.06. The molecule has 1 aliphatic heterocycles. The molecule has 200 valence electrons. The largest absolute Gasteiger partial charge is 0.495 e. The molecular weight excluding hydrogens is 481 g/mol. The molecule has 1 saturated heterocycles. The van der Waals surface area contributed by atoms with E-state index in [0.29, 0.717) is 49.4 Å². The number of piperidine rings is 1. The Balaban J connectivity index is 1.61. The number of benzene rings is 3. The van der Waals surface area contributed by atoms with E-state index in [1.165, 1.54) is 12.1 Å². The summed E-state index contributed by atoms with van der Waals surface area (Å²) in [5.41, 5.74) is 3.91. The van der Waals surface area contributed by atoms with Gasteiger partial charge in [-0.1, -0.05) is 18.2 Å². The van der Waals surface area contributed by atoms with Gasteiger partial charge in [0.15, 0.2) is 5.78 Å². The van der Waals surface area contributed by atoms with Crippen LogP contribution in [-0.4, -0.2) is 57.4 Å². The van der Waals surface area contributed by atoms with Gasteiger partial charge in [0.2, 0.25) is 0 Å². The number of methoxy groups -OCH3 is 1. The fraction of sp³-hybridized carbons (Fsp3) is 0.355. The number of carbonyl (C=O) groups is 2. The van der Waals surface area contributed by atoms with Crippen molar-refractivity contribution in [2.45, 2.75) is 26.3 Å². The Bertz CT molecular complexity index is 1270. The first-order chi connectivity index (χ1) is 18.3. The summed E-state index contributed by atoms with van der Waals surface area (Å²) in [5.74, 6) is 0.138. The van der Waals surface area contributed by atoms with Gasteiger partial charge in [-0.05, 0) is 88.0 Å². The van der Waals surface area contributed by atoms with E-state index in [9.17, 15) is 14.0 Å². The number of rotatable bonds is 9. The first kappa shape index (κ1) is 27.3. The SMILES string of the molecule is CCN(C(=O)c1ccc(CN(C)C)cc1N1CCC(C(=O)c2ccc(F)cc2)CC1)c1ccccc1OC. The average molecular weight is 518 g/mol. The molecule has 0 bridgehead atoms. The Morgan fingerprint density at radius 2 is 1.68 bits per heavy atom. The van der Waals surface area contributed by atoms with E-state index < -0.39 is 0 Å². The Morgan fingerprint density at radius 3 is 2.32 bits per heavy atom. The number of carbonyl (C=O) groups excluding carboxylic acids is 2. The molecule has 0 radical (unpaired) electrons. The lowest BCUT2D eigenvalue weighted by molar-refractivity contribution is 0.0899. The van der Waals surface area contributed by atoms with E-state index in [-0.39, 0.29) is 23.4 Å². The summed E-state index contributed by atoms with van der Waals surface area (Å²) in [5, 5.41) is 0. The average Bonchev–Trinajstić information content (AvgIpc) is 2.93. The van der Waals surface area contributed by atoms with Crippen molar-refractivity contribution >= 4 is 23.1 Å². The summed E-state index contributed by atoms with van der Waals surface area (Å²) < 4.78 is 18.9. The Kier molecular flexibility index (Phi) is 8.79. The second-order valence-corrected chi connectivity index (χ2v) is 9.94. The lowest BCUT2D eigenvalue weighted by Gasteiger charge is -2.35. The second kappa shape index (κ2) is 12.2. The molecule has 7 heteroatoms. The minimum atomic E-state index is -0.347. The summed E-state index contributed by atoms with van der Waals surface area (Å²) in [7, 11) is 5.65. The lowest BCUT2D eigenvalue weighted by atomic mass is 9.88. The summed E-state index contributed by atoms with van der Waals surface area (Å²) in [6.07, 6.45) is 1.34. The number of halogens is 1. The van der Waals surface area contributed by atoms with Crippen LogP contribution in [0, 0.1) is 11.7 Å². The lowest BCUT2D eigenvalue weighted by Crippen LogP contribution is -2.38. The van der Waals surface area contributed by atoms with Gasteiger partial charge in [0.1, 0.15) is 11.6 Å². The number of para-hydroxylation sites is 2. The number of Topliss-reactive ketones (excluding diaryl/α,β-unsaturated/α-hetero) is 1. The van der Waals surface area contributed by atoms with Gasteiger partial charge in [0.25, 0.3) is 5.91 Å². The molecule has 0 atom stereocenters. The molecule has 1 heterocycles. The minimum Gasteiger partial charge on any atom is -0.495 e. The molecular formula is C31H36FN3O3. The van der Waals surface area contributed by atoms with Gasteiger partial charge in [-0.2, -0.15) is 0 Å². The maximum absolute atomic E-state index is 14.0. The summed E-state index contributed by atoms with van der Waals surface area (Å²) in [6, 6.07) is 19.4. The molecule has 0 saturated carbocycles. The maximum Gasteiger partial charge on any atom is 0.260 e. The molecule has 38 heavy (non-hydrogen) atoms. The topological polar surface area (TPSA) is 53.1 Å². The Morgan fingerprint density at radius 1 is 1.00 bits per heavy atom. The predicted octanol–water partition coefficient (Wildman–Crippen LogP) is 5.66. The molecule has 1 fully saturated rings. The minimum absolute atomic E-state index is 0.0515. The highest BCUT2D eigenvalue weighted by Crippen LogP contribution is 2.33. The van der Waals surface area contributed by atoms with Crippen LogP contribution in [0.15, 0.2) is 66.7 Å². The van der Waals surface area contributed by atoms with Crippen LogP contribution in [0.5, 0.6) is 5.75 Å². The van der Waals surface area contributed by atoms with Crippen LogP contribution >= 0.6 is 0 Å². The van der Waals surface area contributed by atoms with Crippen molar-refractivity contribution in [2.75, 3.05) is 50.6 Å². The van der Waals surface area contributed by atoms with E-state index in [1.807, 2.05) is 57.4 Å². The van der Waals surface area contributed by atoms with Crippen molar-refractivity contribution < 1.29 is 18.7 Å². The van der Waals surface area contributed by atoms with E-state index in [4.69, 9.17) is 4.74 Å². The van der Waals surface area contributed by atoms with Crippen LogP contribution < -0.4 is 14.5 Å². The summed E-state index contributed by atoms with van der Waals surface area (Å²) in [6.45, 7) is 4.52. The zero-order chi connectivity index (χ0) is 27.2. The number of hydrogen-bond donors (Lipinski definition) is 0. The molecule has 1 aliphatic rings. The second-order valence-electron chi connectivity index (χ2n) is 9.94. The van der Waals surface area contributed by atoms with Crippen molar-refractivity contribution in [3.05, 3.63) is 89.2 Å². The van der Waals surface area contributed by atoms with E-state index >= 15 is 0 Å². The van der Waals surface area contributed by atoms with Gasteiger partial charge in [0.05, 0.1) is 18.4 Å². The highest BCUT2D eigenvalue weighted by Gasteiger charge is 2.29. The third kappa shape index (κ3) is 6.05. The van der Waals surface area contributed by atoms with Gasteiger partial charge in [-0.25, -0.2) is 4.39 Å². The van der Waals surface area contributed by atoms with Crippen LogP contribution in [0.4, 0.5) is 15.8 Å². The van der Waals surface area contributed by atoms with Gasteiger partial charge >= 0.3 is 0 Å². The first-order valence-electron chi connectivity index (χ1n) is 13.1. The standard InChI is InChI=1S/C31H36FN3O3/c1-5-35(27-8-6-7-9-29(27)38-4)31(37)26-15-10-22(21-33(2)3)20-28(26)34-18-16-24(17-19-34)30(36)23-11-13-25(32)14-12-23/h6-15,20,24H,5,16-19,21H2,1-4H3.